The zero-order chi connectivity index (χ0) is 23.4. The summed E-state index contributed by atoms with van der Waals surface area (Å²) in [5.41, 5.74) is 1.76. The van der Waals surface area contributed by atoms with Crippen molar-refractivity contribution < 1.29 is 13.2 Å². The normalized spacial score (nSPS) is 19.8. The number of likely N-dealkylation sites (tertiary alicyclic amines) is 1. The minimum absolute atomic E-state index is 0.0905. The first kappa shape index (κ1) is 23.6. The molecule has 0 amide bonds. The fraction of sp³-hybridized carbons (Fsp3) is 0.500. The highest BCUT2D eigenvalue weighted by atomic mass is 32.2. The molecule has 9 heteroatoms. The highest BCUT2D eigenvalue weighted by Gasteiger charge is 2.37. The quantitative estimate of drug-likeness (QED) is 0.615. The van der Waals surface area contributed by atoms with Gasteiger partial charge in [-0.25, -0.2) is 13.4 Å². The molecule has 1 aromatic heterocycles. The fourth-order valence-electron chi connectivity index (χ4n) is 4.63. The molecule has 1 atom stereocenters. The third kappa shape index (κ3) is 5.36. The Labute approximate surface area is 196 Å². The van der Waals surface area contributed by atoms with Crippen LogP contribution in [0.2, 0.25) is 0 Å². The van der Waals surface area contributed by atoms with E-state index in [1.54, 1.807) is 16.4 Å². The van der Waals surface area contributed by atoms with E-state index in [1.165, 1.54) is 6.20 Å². The largest absolute Gasteiger partial charge is 0.378 e. The van der Waals surface area contributed by atoms with Gasteiger partial charge in [0, 0.05) is 51.0 Å². The molecule has 4 rings (SSSR count). The van der Waals surface area contributed by atoms with E-state index < -0.39 is 10.0 Å². The van der Waals surface area contributed by atoms with Crippen molar-refractivity contribution in [3.05, 3.63) is 53.7 Å². The molecule has 8 nitrogen and oxygen atoms in total. The molecule has 2 aromatic rings. The molecule has 176 valence electrons. The molecule has 3 heterocycles. The van der Waals surface area contributed by atoms with Crippen molar-refractivity contribution in [2.75, 3.05) is 44.3 Å². The summed E-state index contributed by atoms with van der Waals surface area (Å²) in [6, 6.07) is 12.9. The smallest absolute Gasteiger partial charge is 0.245 e. The zero-order valence-corrected chi connectivity index (χ0v) is 20.0. The maximum atomic E-state index is 13.6. The third-order valence-electron chi connectivity index (χ3n) is 6.24. The first-order chi connectivity index (χ1) is 15.9. The number of rotatable bonds is 7. The standard InChI is InChI=1S/C24H31N5O3S/c1-19(2)29(22-9-10-27(18-22)17-21-5-3-20(15-25)4-6-21)33(30,31)23-7-8-24(26-16-23)28-11-13-32-14-12-28/h3-8,16,19,22H,9-14,17-18H2,1-2H3/t22-/m0/s1. The Morgan fingerprint density at radius 2 is 1.88 bits per heavy atom. The average molecular weight is 470 g/mol. The molecule has 0 saturated carbocycles. The van der Waals surface area contributed by atoms with Gasteiger partial charge in [0.05, 0.1) is 24.8 Å². The van der Waals surface area contributed by atoms with Crippen molar-refractivity contribution in [1.29, 1.82) is 5.26 Å². The third-order valence-corrected chi connectivity index (χ3v) is 8.35. The number of sulfonamides is 1. The van der Waals surface area contributed by atoms with Crippen LogP contribution in [-0.2, 0) is 21.3 Å². The second kappa shape index (κ2) is 10.2. The minimum Gasteiger partial charge on any atom is -0.378 e. The van der Waals surface area contributed by atoms with Crippen LogP contribution in [0.15, 0.2) is 47.5 Å². The van der Waals surface area contributed by atoms with Crippen molar-refractivity contribution in [1.82, 2.24) is 14.2 Å². The molecule has 0 aliphatic carbocycles. The van der Waals surface area contributed by atoms with Gasteiger partial charge < -0.3 is 9.64 Å². The highest BCUT2D eigenvalue weighted by Crippen LogP contribution is 2.27. The van der Waals surface area contributed by atoms with Crippen LogP contribution < -0.4 is 4.90 Å². The van der Waals surface area contributed by atoms with Crippen molar-refractivity contribution >= 4 is 15.8 Å². The van der Waals surface area contributed by atoms with Crippen molar-refractivity contribution in [3.8, 4) is 6.07 Å². The molecule has 2 saturated heterocycles. The number of benzene rings is 1. The van der Waals surface area contributed by atoms with Crippen LogP contribution in [0.4, 0.5) is 5.82 Å². The second-order valence-electron chi connectivity index (χ2n) is 8.87. The van der Waals surface area contributed by atoms with Gasteiger partial charge in [-0.1, -0.05) is 12.1 Å². The Bertz CT molecular complexity index is 1070. The maximum Gasteiger partial charge on any atom is 0.245 e. The van der Waals surface area contributed by atoms with Gasteiger partial charge in [0.2, 0.25) is 10.0 Å². The van der Waals surface area contributed by atoms with Gasteiger partial charge >= 0.3 is 0 Å². The molecule has 2 aliphatic heterocycles. The van der Waals surface area contributed by atoms with E-state index >= 15 is 0 Å². The summed E-state index contributed by atoms with van der Waals surface area (Å²) in [5.74, 6) is 0.780. The molecule has 33 heavy (non-hydrogen) atoms. The molecular formula is C24H31N5O3S. The van der Waals surface area contributed by atoms with Crippen molar-refractivity contribution in [2.45, 2.75) is 43.8 Å². The van der Waals surface area contributed by atoms with Crippen LogP contribution in [-0.4, -0.2) is 74.1 Å². The lowest BCUT2D eigenvalue weighted by Gasteiger charge is -2.32. The molecule has 1 aromatic carbocycles. The van der Waals surface area contributed by atoms with Gasteiger partial charge in [-0.3, -0.25) is 4.90 Å². The van der Waals surface area contributed by atoms with Gasteiger partial charge in [0.25, 0.3) is 0 Å². The van der Waals surface area contributed by atoms with Gasteiger partial charge in [0.15, 0.2) is 0 Å². The van der Waals surface area contributed by atoms with Crippen LogP contribution in [0, 0.1) is 11.3 Å². The molecule has 0 radical (unpaired) electrons. The maximum absolute atomic E-state index is 13.6. The summed E-state index contributed by atoms with van der Waals surface area (Å²) in [7, 11) is -3.67. The number of hydrogen-bond acceptors (Lipinski definition) is 7. The lowest BCUT2D eigenvalue weighted by atomic mass is 10.1. The molecule has 0 bridgehead atoms. The predicted octanol–water partition coefficient (Wildman–Crippen LogP) is 2.46. The summed E-state index contributed by atoms with van der Waals surface area (Å²) in [6.45, 7) is 8.93. The first-order valence-corrected chi connectivity index (χ1v) is 12.9. The molecule has 2 aliphatic rings. The molecule has 0 unspecified atom stereocenters. The number of nitrogens with zero attached hydrogens (tertiary/aromatic N) is 5. The minimum atomic E-state index is -3.67. The molecule has 2 fully saturated rings. The molecule has 0 spiro atoms. The zero-order valence-electron chi connectivity index (χ0n) is 19.2. The van der Waals surface area contributed by atoms with Crippen LogP contribution in [0.25, 0.3) is 0 Å². The number of ether oxygens (including phenoxy) is 1. The van der Waals surface area contributed by atoms with E-state index in [2.05, 4.69) is 20.9 Å². The van der Waals surface area contributed by atoms with Gasteiger partial charge in [0.1, 0.15) is 10.7 Å². The summed E-state index contributed by atoms with van der Waals surface area (Å²) >= 11 is 0. The van der Waals surface area contributed by atoms with Crippen LogP contribution in [0.1, 0.15) is 31.4 Å². The summed E-state index contributed by atoms with van der Waals surface area (Å²) in [4.78, 5) is 9.07. The Kier molecular flexibility index (Phi) is 7.29. The Morgan fingerprint density at radius 3 is 2.48 bits per heavy atom. The molecule has 0 N–H and O–H groups in total. The topological polar surface area (TPSA) is 89.8 Å². The van der Waals surface area contributed by atoms with Crippen LogP contribution in [0.5, 0.6) is 0 Å². The SMILES string of the molecule is CC(C)N([C@H]1CCN(Cc2ccc(C#N)cc2)C1)S(=O)(=O)c1ccc(N2CCOCC2)nc1. The monoisotopic (exact) mass is 469 g/mol. The lowest BCUT2D eigenvalue weighted by Crippen LogP contribution is -2.46. The van der Waals surface area contributed by atoms with Crippen LogP contribution >= 0.6 is 0 Å². The Hall–Kier alpha value is -2.51. The average Bonchev–Trinajstić information content (AvgIpc) is 3.27. The van der Waals surface area contributed by atoms with Crippen molar-refractivity contribution in [3.63, 3.8) is 0 Å². The summed E-state index contributed by atoms with van der Waals surface area (Å²) in [6.07, 6.45) is 2.27. The van der Waals surface area contributed by atoms with Crippen molar-refractivity contribution in [2.24, 2.45) is 0 Å². The first-order valence-electron chi connectivity index (χ1n) is 11.4. The number of morpholine rings is 1. The highest BCUT2D eigenvalue weighted by molar-refractivity contribution is 7.89. The Morgan fingerprint density at radius 1 is 1.15 bits per heavy atom. The number of anilines is 1. The molecular weight excluding hydrogens is 438 g/mol. The summed E-state index contributed by atoms with van der Waals surface area (Å²) < 4.78 is 34.2. The van der Waals surface area contributed by atoms with E-state index in [0.29, 0.717) is 25.3 Å². The van der Waals surface area contributed by atoms with E-state index in [0.717, 1.165) is 44.0 Å². The number of aromatic nitrogens is 1. The fourth-order valence-corrected chi connectivity index (χ4v) is 6.42. The number of pyridine rings is 1. The van der Waals surface area contributed by atoms with E-state index in [-0.39, 0.29) is 17.0 Å². The lowest BCUT2D eigenvalue weighted by molar-refractivity contribution is 0.122. The van der Waals surface area contributed by atoms with E-state index in [1.807, 2.05) is 38.1 Å². The van der Waals surface area contributed by atoms with Gasteiger partial charge in [-0.2, -0.15) is 9.57 Å². The van der Waals surface area contributed by atoms with E-state index in [4.69, 9.17) is 10.00 Å². The van der Waals surface area contributed by atoms with Crippen LogP contribution in [0.3, 0.4) is 0 Å². The number of hydrogen-bond donors (Lipinski definition) is 0. The van der Waals surface area contributed by atoms with Gasteiger partial charge in [-0.15, -0.1) is 0 Å². The predicted molar refractivity (Wildman–Crippen MR) is 126 cm³/mol. The second-order valence-corrected chi connectivity index (χ2v) is 10.7. The Balaban J connectivity index is 1.46. The van der Waals surface area contributed by atoms with E-state index in [9.17, 15) is 8.42 Å². The summed E-state index contributed by atoms with van der Waals surface area (Å²) in [5, 5.41) is 8.98. The number of nitriles is 1. The van der Waals surface area contributed by atoms with Gasteiger partial charge in [-0.05, 0) is 50.1 Å².